The number of rotatable bonds is 4. The molecule has 0 atom stereocenters. The summed E-state index contributed by atoms with van der Waals surface area (Å²) in [7, 11) is 3.17. The molecular weight excluding hydrogens is 530 g/mol. The van der Waals surface area contributed by atoms with Gasteiger partial charge in [0.2, 0.25) is 5.95 Å². The molecule has 1 aromatic carbocycles. The van der Waals surface area contributed by atoms with Crippen molar-refractivity contribution >= 4 is 50.4 Å². The van der Waals surface area contributed by atoms with Gasteiger partial charge in [0, 0.05) is 50.8 Å². The summed E-state index contributed by atoms with van der Waals surface area (Å²) in [5, 5.41) is 4.36. The van der Waals surface area contributed by atoms with Gasteiger partial charge >= 0.3 is 5.69 Å². The summed E-state index contributed by atoms with van der Waals surface area (Å²) in [5.74, 6) is 0.704. The van der Waals surface area contributed by atoms with Crippen LogP contribution in [0.4, 0.5) is 5.95 Å². The average molecular weight is 561 g/mol. The molecule has 35 heavy (non-hydrogen) atoms. The van der Waals surface area contributed by atoms with Gasteiger partial charge in [0.1, 0.15) is 0 Å². The number of benzene rings is 1. The Balaban J connectivity index is 1.46. The lowest BCUT2D eigenvalue weighted by atomic mass is 10.2. The molecular formula is C24H30BrN7O2S. The summed E-state index contributed by atoms with van der Waals surface area (Å²) >= 11 is 9.18. The molecule has 1 N–H and O–H groups in total. The van der Waals surface area contributed by atoms with Crippen LogP contribution in [0.25, 0.3) is 11.2 Å². The molecule has 2 fully saturated rings. The topological polar surface area (TPSA) is 80.3 Å². The Hall–Kier alpha value is -2.66. The first-order valence-electron chi connectivity index (χ1n) is 12.0. The minimum Gasteiger partial charge on any atom is -0.360 e. The Kier molecular flexibility index (Phi) is 6.71. The first-order valence-corrected chi connectivity index (χ1v) is 13.2. The molecule has 186 valence electrons. The van der Waals surface area contributed by atoms with Crippen LogP contribution in [-0.4, -0.2) is 60.9 Å². The number of hydrogen-bond donors (Lipinski definition) is 1. The van der Waals surface area contributed by atoms with E-state index in [1.165, 1.54) is 37.3 Å². The molecule has 1 saturated carbocycles. The van der Waals surface area contributed by atoms with E-state index in [2.05, 4.69) is 31.0 Å². The van der Waals surface area contributed by atoms with Gasteiger partial charge in [-0.25, -0.2) is 4.79 Å². The summed E-state index contributed by atoms with van der Waals surface area (Å²) in [6.45, 7) is 3.48. The van der Waals surface area contributed by atoms with Crippen LogP contribution in [0.2, 0.25) is 0 Å². The Bertz CT molecular complexity index is 1360. The Morgan fingerprint density at radius 2 is 1.71 bits per heavy atom. The third-order valence-electron chi connectivity index (χ3n) is 7.11. The van der Waals surface area contributed by atoms with Gasteiger partial charge in [-0.3, -0.25) is 18.5 Å². The lowest BCUT2D eigenvalue weighted by Gasteiger charge is -2.37. The summed E-state index contributed by atoms with van der Waals surface area (Å²) < 4.78 is 5.55. The molecule has 3 aromatic rings. The molecule has 9 nitrogen and oxygen atoms in total. The first-order chi connectivity index (χ1) is 16.8. The molecule has 3 heterocycles. The third-order valence-corrected chi connectivity index (χ3v) is 8.02. The highest BCUT2D eigenvalue weighted by molar-refractivity contribution is 9.10. The molecule has 0 radical (unpaired) electrons. The number of hydrogen-bond acceptors (Lipinski definition) is 5. The second-order valence-electron chi connectivity index (χ2n) is 9.41. The Morgan fingerprint density at radius 3 is 2.37 bits per heavy atom. The maximum Gasteiger partial charge on any atom is 0.332 e. The van der Waals surface area contributed by atoms with Crippen LogP contribution in [0.3, 0.4) is 0 Å². The second kappa shape index (κ2) is 9.77. The van der Waals surface area contributed by atoms with Gasteiger partial charge in [0.05, 0.1) is 6.54 Å². The van der Waals surface area contributed by atoms with Crippen molar-refractivity contribution in [3.8, 4) is 0 Å². The normalized spacial score (nSPS) is 16.9. The van der Waals surface area contributed by atoms with E-state index < -0.39 is 0 Å². The van der Waals surface area contributed by atoms with Crippen molar-refractivity contribution in [2.75, 3.05) is 31.1 Å². The van der Waals surface area contributed by atoms with E-state index in [0.29, 0.717) is 29.7 Å². The smallest absolute Gasteiger partial charge is 0.332 e. The molecule has 0 spiro atoms. The summed E-state index contributed by atoms with van der Waals surface area (Å²) in [6, 6.07) is 8.51. The highest BCUT2D eigenvalue weighted by Gasteiger charge is 2.27. The van der Waals surface area contributed by atoms with Crippen molar-refractivity contribution in [3.63, 3.8) is 0 Å². The molecule has 0 amide bonds. The number of imidazole rings is 1. The van der Waals surface area contributed by atoms with Crippen LogP contribution < -0.4 is 21.5 Å². The van der Waals surface area contributed by atoms with Crippen molar-refractivity contribution in [2.24, 2.45) is 14.1 Å². The van der Waals surface area contributed by atoms with E-state index >= 15 is 0 Å². The van der Waals surface area contributed by atoms with Crippen molar-refractivity contribution in [1.82, 2.24) is 28.9 Å². The highest BCUT2D eigenvalue weighted by atomic mass is 79.9. The molecule has 11 heteroatoms. The van der Waals surface area contributed by atoms with Gasteiger partial charge in [-0.2, -0.15) is 4.98 Å². The van der Waals surface area contributed by atoms with Gasteiger partial charge in [-0.15, -0.1) is 0 Å². The molecule has 1 aliphatic carbocycles. The van der Waals surface area contributed by atoms with E-state index in [1.807, 2.05) is 28.8 Å². The number of halogens is 1. The molecule has 0 unspecified atom stereocenters. The number of nitrogens with zero attached hydrogens (tertiary/aromatic N) is 6. The maximum absolute atomic E-state index is 13.2. The fourth-order valence-electron chi connectivity index (χ4n) is 5.04. The van der Waals surface area contributed by atoms with Gasteiger partial charge in [-0.05, 0) is 42.8 Å². The minimum absolute atomic E-state index is 0.334. The zero-order valence-electron chi connectivity index (χ0n) is 20.0. The lowest BCUT2D eigenvalue weighted by molar-refractivity contribution is 0.370. The number of fused-ring (bicyclic) bond motifs is 1. The Labute approximate surface area is 217 Å². The highest BCUT2D eigenvalue weighted by Crippen LogP contribution is 2.24. The van der Waals surface area contributed by atoms with E-state index in [1.54, 1.807) is 7.05 Å². The predicted molar refractivity (Wildman–Crippen MR) is 145 cm³/mol. The largest absolute Gasteiger partial charge is 0.360 e. The quantitative estimate of drug-likeness (QED) is 0.491. The van der Waals surface area contributed by atoms with Crippen molar-refractivity contribution in [3.05, 3.63) is 55.1 Å². The van der Waals surface area contributed by atoms with Crippen LogP contribution in [0, 0.1) is 0 Å². The first kappa shape index (κ1) is 24.1. The molecule has 1 saturated heterocycles. The van der Waals surface area contributed by atoms with Crippen LogP contribution >= 0.6 is 28.1 Å². The van der Waals surface area contributed by atoms with Crippen LogP contribution in [0.1, 0.15) is 31.2 Å². The fourth-order valence-corrected chi connectivity index (χ4v) is 5.66. The second-order valence-corrected chi connectivity index (χ2v) is 10.7. The summed E-state index contributed by atoms with van der Waals surface area (Å²) in [6.07, 6.45) is 4.91. The standard InChI is InChI=1S/C24H30BrN7O2S/c1-28-20-19(21(33)29(2)24(28)34)32(15-16-7-9-17(25)10-8-16)22(27-20)30-11-13-31(14-12-30)23(35)26-18-5-3-4-6-18/h7-10,18H,3-6,11-15H2,1-2H3,(H,26,35). The maximum atomic E-state index is 13.2. The molecule has 1 aliphatic heterocycles. The molecule has 2 aromatic heterocycles. The SMILES string of the molecule is Cn1c(=O)c2c(nc(N3CCN(C(=S)NC4CCCC4)CC3)n2Cc2ccc(Br)cc2)n(C)c1=O. The average Bonchev–Trinajstić information content (AvgIpc) is 3.51. The fraction of sp³-hybridized carbons (Fsp3) is 0.500. The van der Waals surface area contributed by atoms with Gasteiger partial charge in [0.15, 0.2) is 16.3 Å². The predicted octanol–water partition coefficient (Wildman–Crippen LogP) is 2.18. The Morgan fingerprint density at radius 1 is 1.06 bits per heavy atom. The van der Waals surface area contributed by atoms with Crippen molar-refractivity contribution in [2.45, 2.75) is 38.3 Å². The van der Waals surface area contributed by atoms with Crippen molar-refractivity contribution < 1.29 is 0 Å². The van der Waals surface area contributed by atoms with Crippen molar-refractivity contribution in [1.29, 1.82) is 0 Å². The molecule has 2 aliphatic rings. The number of aryl methyl sites for hydroxylation is 1. The van der Waals surface area contributed by atoms with E-state index in [4.69, 9.17) is 17.2 Å². The van der Waals surface area contributed by atoms with E-state index in [9.17, 15) is 9.59 Å². The van der Waals surface area contributed by atoms with Crippen LogP contribution in [0.5, 0.6) is 0 Å². The van der Waals surface area contributed by atoms with Gasteiger partial charge in [-0.1, -0.05) is 40.9 Å². The van der Waals surface area contributed by atoms with Gasteiger partial charge < -0.3 is 15.1 Å². The monoisotopic (exact) mass is 559 g/mol. The van der Waals surface area contributed by atoms with E-state index in [0.717, 1.165) is 45.9 Å². The van der Waals surface area contributed by atoms with E-state index in [-0.39, 0.29) is 11.2 Å². The zero-order valence-corrected chi connectivity index (χ0v) is 22.4. The lowest BCUT2D eigenvalue weighted by Crippen LogP contribution is -2.53. The zero-order chi connectivity index (χ0) is 24.7. The number of thiocarbonyl (C=S) groups is 1. The third kappa shape index (κ3) is 4.63. The van der Waals surface area contributed by atoms with Gasteiger partial charge in [0.25, 0.3) is 5.56 Å². The number of nitrogens with one attached hydrogen (secondary N) is 1. The molecule has 0 bridgehead atoms. The number of anilines is 1. The van der Waals surface area contributed by atoms with Crippen LogP contribution in [0.15, 0.2) is 38.3 Å². The van der Waals surface area contributed by atoms with Crippen LogP contribution in [-0.2, 0) is 20.6 Å². The number of piperazine rings is 1. The minimum atomic E-state index is -0.379. The number of aromatic nitrogens is 4. The summed E-state index contributed by atoms with van der Waals surface area (Å²) in [4.78, 5) is 35.0. The molecule has 5 rings (SSSR count). The summed E-state index contributed by atoms with van der Waals surface area (Å²) in [5.41, 5.74) is 1.18.